The Bertz CT molecular complexity index is 460. The van der Waals surface area contributed by atoms with Crippen molar-refractivity contribution >= 4 is 17.2 Å². The molecular weight excluding hydrogens is 240 g/mol. The van der Waals surface area contributed by atoms with Crippen molar-refractivity contribution in [2.45, 2.75) is 32.4 Å². The molecule has 1 aromatic rings. The predicted octanol–water partition coefficient (Wildman–Crippen LogP) is 0.105. The van der Waals surface area contributed by atoms with Crippen LogP contribution in [0.25, 0.3) is 0 Å². The fourth-order valence-electron chi connectivity index (χ4n) is 1.92. The first-order valence-corrected chi connectivity index (χ1v) is 6.54. The van der Waals surface area contributed by atoms with E-state index >= 15 is 0 Å². The number of aliphatic hydroxyl groups is 1. The summed E-state index contributed by atoms with van der Waals surface area (Å²) >= 11 is 1.11. The Hall–Kier alpha value is -1.14. The summed E-state index contributed by atoms with van der Waals surface area (Å²) in [6, 6.07) is 0. The maximum Gasteiger partial charge on any atom is 0.307 e. The molecule has 1 saturated carbocycles. The van der Waals surface area contributed by atoms with Gasteiger partial charge in [-0.1, -0.05) is 11.3 Å². The summed E-state index contributed by atoms with van der Waals surface area (Å²) in [5.74, 6) is 0.240. The van der Waals surface area contributed by atoms with E-state index in [9.17, 15) is 9.59 Å². The fourth-order valence-corrected chi connectivity index (χ4v) is 2.66. The Morgan fingerprint density at radius 3 is 2.88 bits per heavy atom. The van der Waals surface area contributed by atoms with Crippen LogP contribution in [-0.4, -0.2) is 28.2 Å². The molecule has 2 N–H and O–H groups in total. The van der Waals surface area contributed by atoms with Crippen molar-refractivity contribution in [2.24, 2.45) is 5.92 Å². The van der Waals surface area contributed by atoms with Gasteiger partial charge in [-0.3, -0.25) is 14.2 Å². The SMILES string of the molecule is Cc1csc(=O)n1CC(=O)NCC1CC(O)C1. The van der Waals surface area contributed by atoms with Crippen molar-refractivity contribution in [1.82, 2.24) is 9.88 Å². The molecule has 0 bridgehead atoms. The number of nitrogens with zero attached hydrogens (tertiary/aromatic N) is 1. The second kappa shape index (κ2) is 5.01. The highest BCUT2D eigenvalue weighted by Gasteiger charge is 2.27. The summed E-state index contributed by atoms with van der Waals surface area (Å²) < 4.78 is 1.47. The minimum Gasteiger partial charge on any atom is -0.393 e. The summed E-state index contributed by atoms with van der Waals surface area (Å²) in [7, 11) is 0. The van der Waals surface area contributed by atoms with Gasteiger partial charge in [0.05, 0.1) is 6.10 Å². The summed E-state index contributed by atoms with van der Waals surface area (Å²) in [4.78, 5) is 22.9. The van der Waals surface area contributed by atoms with Crippen LogP contribution in [0.4, 0.5) is 0 Å². The van der Waals surface area contributed by atoms with Crippen molar-refractivity contribution in [3.8, 4) is 0 Å². The Kier molecular flexibility index (Phi) is 3.63. The number of rotatable bonds is 4. The minimum atomic E-state index is -0.196. The first-order valence-electron chi connectivity index (χ1n) is 5.66. The highest BCUT2D eigenvalue weighted by atomic mass is 32.1. The number of thiazole rings is 1. The Labute approximate surface area is 103 Å². The van der Waals surface area contributed by atoms with Crippen molar-refractivity contribution in [1.29, 1.82) is 0 Å². The molecule has 0 spiro atoms. The van der Waals surface area contributed by atoms with Gasteiger partial charge in [0.15, 0.2) is 0 Å². The first-order chi connectivity index (χ1) is 8.06. The molecule has 6 heteroatoms. The normalized spacial score (nSPS) is 23.2. The van der Waals surface area contributed by atoms with Crippen LogP contribution in [0.15, 0.2) is 10.2 Å². The zero-order chi connectivity index (χ0) is 12.4. The fraction of sp³-hybridized carbons (Fsp3) is 0.636. The van der Waals surface area contributed by atoms with Crippen LogP contribution in [0.5, 0.6) is 0 Å². The molecule has 1 aromatic heterocycles. The molecule has 0 radical (unpaired) electrons. The summed E-state index contributed by atoms with van der Waals surface area (Å²) in [6.45, 7) is 2.49. The lowest BCUT2D eigenvalue weighted by atomic mass is 9.82. The van der Waals surface area contributed by atoms with Crippen LogP contribution in [0.2, 0.25) is 0 Å². The number of nitrogens with one attached hydrogen (secondary N) is 1. The van der Waals surface area contributed by atoms with Crippen molar-refractivity contribution in [3.05, 3.63) is 20.7 Å². The molecule has 17 heavy (non-hydrogen) atoms. The van der Waals surface area contributed by atoms with Gasteiger partial charge in [0.25, 0.3) is 0 Å². The molecule has 1 heterocycles. The van der Waals surface area contributed by atoms with Crippen LogP contribution < -0.4 is 10.2 Å². The smallest absolute Gasteiger partial charge is 0.307 e. The maximum absolute atomic E-state index is 11.6. The van der Waals surface area contributed by atoms with Gasteiger partial charge in [-0.15, -0.1) is 0 Å². The molecule has 1 aliphatic rings. The van der Waals surface area contributed by atoms with E-state index in [1.807, 2.05) is 6.92 Å². The predicted molar refractivity (Wildman–Crippen MR) is 65.1 cm³/mol. The van der Waals surface area contributed by atoms with Gasteiger partial charge in [0.1, 0.15) is 6.54 Å². The third-order valence-corrected chi connectivity index (χ3v) is 3.96. The van der Waals surface area contributed by atoms with E-state index < -0.39 is 0 Å². The quantitative estimate of drug-likeness (QED) is 0.803. The lowest BCUT2D eigenvalue weighted by Gasteiger charge is -2.31. The standard InChI is InChI=1S/C11H16N2O3S/c1-7-6-17-11(16)13(7)5-10(15)12-4-8-2-9(14)3-8/h6,8-9,14H,2-5H2,1H3,(H,12,15). The molecule has 0 unspecified atom stereocenters. The largest absolute Gasteiger partial charge is 0.393 e. The van der Waals surface area contributed by atoms with Crippen LogP contribution in [0.1, 0.15) is 18.5 Å². The molecule has 1 amide bonds. The van der Waals surface area contributed by atoms with Crippen LogP contribution in [-0.2, 0) is 11.3 Å². The molecule has 0 atom stereocenters. The second-order valence-electron chi connectivity index (χ2n) is 4.52. The van der Waals surface area contributed by atoms with Crippen LogP contribution in [0.3, 0.4) is 0 Å². The van der Waals surface area contributed by atoms with E-state index in [2.05, 4.69) is 5.32 Å². The Morgan fingerprint density at radius 1 is 1.65 bits per heavy atom. The van der Waals surface area contributed by atoms with E-state index in [1.54, 1.807) is 5.38 Å². The molecule has 0 saturated heterocycles. The van der Waals surface area contributed by atoms with Crippen LogP contribution in [0, 0.1) is 12.8 Å². The van der Waals surface area contributed by atoms with Gasteiger partial charge in [0, 0.05) is 17.6 Å². The molecule has 2 rings (SSSR count). The van der Waals surface area contributed by atoms with E-state index in [1.165, 1.54) is 4.57 Å². The average molecular weight is 256 g/mol. The third-order valence-electron chi connectivity index (χ3n) is 3.08. The van der Waals surface area contributed by atoms with Gasteiger partial charge in [0.2, 0.25) is 5.91 Å². The third kappa shape index (κ3) is 2.95. The average Bonchev–Trinajstić information content (AvgIpc) is 2.54. The van der Waals surface area contributed by atoms with Crippen molar-refractivity contribution < 1.29 is 9.90 Å². The highest BCUT2D eigenvalue weighted by molar-refractivity contribution is 7.07. The number of amides is 1. The molecule has 94 valence electrons. The molecule has 0 aliphatic heterocycles. The zero-order valence-electron chi connectivity index (χ0n) is 9.68. The molecule has 1 aliphatic carbocycles. The number of aromatic nitrogens is 1. The Morgan fingerprint density at radius 2 is 2.35 bits per heavy atom. The Balaban J connectivity index is 1.79. The van der Waals surface area contributed by atoms with Gasteiger partial charge >= 0.3 is 4.87 Å². The number of carbonyl (C=O) groups is 1. The molecule has 1 fully saturated rings. The number of carbonyl (C=O) groups excluding carboxylic acids is 1. The second-order valence-corrected chi connectivity index (χ2v) is 5.35. The summed E-state index contributed by atoms with van der Waals surface area (Å²) in [5, 5.41) is 13.6. The molecule has 0 aromatic carbocycles. The monoisotopic (exact) mass is 256 g/mol. The number of aryl methyl sites for hydroxylation is 1. The summed E-state index contributed by atoms with van der Waals surface area (Å²) in [6.07, 6.45) is 1.33. The van der Waals surface area contributed by atoms with Crippen molar-refractivity contribution in [2.75, 3.05) is 6.54 Å². The van der Waals surface area contributed by atoms with E-state index in [-0.39, 0.29) is 23.4 Å². The lowest BCUT2D eigenvalue weighted by molar-refractivity contribution is -0.122. The van der Waals surface area contributed by atoms with Gasteiger partial charge in [-0.05, 0) is 25.7 Å². The van der Waals surface area contributed by atoms with Crippen molar-refractivity contribution in [3.63, 3.8) is 0 Å². The molecular formula is C11H16N2O3S. The zero-order valence-corrected chi connectivity index (χ0v) is 10.5. The van der Waals surface area contributed by atoms with E-state index in [0.717, 1.165) is 29.9 Å². The van der Waals surface area contributed by atoms with Gasteiger partial charge in [-0.2, -0.15) is 0 Å². The maximum atomic E-state index is 11.6. The first kappa shape index (κ1) is 12.3. The van der Waals surface area contributed by atoms with Gasteiger partial charge < -0.3 is 10.4 Å². The summed E-state index contributed by atoms with van der Waals surface area (Å²) in [5.41, 5.74) is 0.814. The van der Waals surface area contributed by atoms with Gasteiger partial charge in [-0.25, -0.2) is 0 Å². The highest BCUT2D eigenvalue weighted by Crippen LogP contribution is 2.25. The number of aliphatic hydroxyl groups excluding tert-OH is 1. The topological polar surface area (TPSA) is 71.3 Å². The number of hydrogen-bond donors (Lipinski definition) is 2. The molecule has 5 nitrogen and oxygen atoms in total. The minimum absolute atomic E-state index is 0.0867. The lowest BCUT2D eigenvalue weighted by Crippen LogP contribution is -2.40. The van der Waals surface area contributed by atoms with Crippen LogP contribution >= 0.6 is 11.3 Å². The number of hydrogen-bond acceptors (Lipinski definition) is 4. The van der Waals surface area contributed by atoms with E-state index in [4.69, 9.17) is 5.11 Å². The van der Waals surface area contributed by atoms with E-state index in [0.29, 0.717) is 12.5 Å².